The van der Waals surface area contributed by atoms with Crippen LogP contribution in [0.3, 0.4) is 0 Å². The zero-order valence-electron chi connectivity index (χ0n) is 15.9. The van der Waals surface area contributed by atoms with Crippen LogP contribution in [-0.2, 0) is 6.42 Å². The van der Waals surface area contributed by atoms with E-state index in [-0.39, 0.29) is 5.82 Å². The molecule has 0 unspecified atom stereocenters. The molecule has 0 aliphatic carbocycles. The largest absolute Gasteiger partial charge is 0.206 e. The van der Waals surface area contributed by atoms with Gasteiger partial charge in [-0.25, -0.2) is 4.39 Å². The molecule has 0 fully saturated rings. The Labute approximate surface area is 156 Å². The van der Waals surface area contributed by atoms with Crippen molar-refractivity contribution in [2.75, 3.05) is 0 Å². The van der Waals surface area contributed by atoms with E-state index in [1.807, 2.05) is 24.3 Å². The molecule has 26 heavy (non-hydrogen) atoms. The van der Waals surface area contributed by atoms with Crippen molar-refractivity contribution in [2.45, 2.75) is 46.0 Å². The Morgan fingerprint density at radius 1 is 0.692 bits per heavy atom. The first-order chi connectivity index (χ1) is 12.7. The van der Waals surface area contributed by atoms with Crippen LogP contribution >= 0.6 is 0 Å². The minimum absolute atomic E-state index is 0.171. The summed E-state index contributed by atoms with van der Waals surface area (Å²) in [5.41, 5.74) is 6.20. The molecule has 0 aliphatic heterocycles. The van der Waals surface area contributed by atoms with Gasteiger partial charge in [0.25, 0.3) is 0 Å². The first-order valence-corrected chi connectivity index (χ1v) is 9.65. The highest BCUT2D eigenvalue weighted by atomic mass is 19.1. The molecule has 0 spiro atoms. The Hall–Kier alpha value is -2.41. The lowest BCUT2D eigenvalue weighted by Crippen LogP contribution is -1.95. The lowest BCUT2D eigenvalue weighted by Gasteiger charge is -2.13. The fraction of sp³-hybridized carbons (Fsp3) is 0.280. The van der Waals surface area contributed by atoms with Crippen molar-refractivity contribution < 1.29 is 4.39 Å². The molecule has 134 valence electrons. The van der Waals surface area contributed by atoms with E-state index >= 15 is 0 Å². The molecule has 1 heteroatoms. The van der Waals surface area contributed by atoms with Gasteiger partial charge >= 0.3 is 0 Å². The van der Waals surface area contributed by atoms with E-state index in [1.165, 1.54) is 11.1 Å². The minimum Gasteiger partial charge on any atom is -0.206 e. The van der Waals surface area contributed by atoms with Crippen molar-refractivity contribution in [3.05, 3.63) is 83.7 Å². The summed E-state index contributed by atoms with van der Waals surface area (Å²) in [7, 11) is 0. The number of hydrogen-bond acceptors (Lipinski definition) is 0. The maximum absolute atomic E-state index is 14.7. The van der Waals surface area contributed by atoms with Gasteiger partial charge in [0.2, 0.25) is 0 Å². The minimum atomic E-state index is -0.171. The van der Waals surface area contributed by atoms with Crippen LogP contribution in [0.15, 0.2) is 66.7 Å². The molecule has 3 aromatic rings. The van der Waals surface area contributed by atoms with E-state index in [9.17, 15) is 4.39 Å². The summed E-state index contributed by atoms with van der Waals surface area (Å²) in [6.07, 6.45) is 3.29. The normalized spacial score (nSPS) is 11.1. The fourth-order valence-corrected chi connectivity index (χ4v) is 3.56. The molecule has 0 N–H and O–H groups in total. The fourth-order valence-electron chi connectivity index (χ4n) is 3.56. The molecular weight excluding hydrogens is 319 g/mol. The van der Waals surface area contributed by atoms with E-state index in [0.29, 0.717) is 11.5 Å². The first-order valence-electron chi connectivity index (χ1n) is 9.65. The second kappa shape index (κ2) is 8.31. The molecule has 0 saturated heterocycles. The van der Waals surface area contributed by atoms with Crippen LogP contribution in [0.4, 0.5) is 4.39 Å². The molecule has 0 nitrogen and oxygen atoms in total. The highest BCUT2D eigenvalue weighted by Gasteiger charge is 2.09. The van der Waals surface area contributed by atoms with Gasteiger partial charge in [-0.3, -0.25) is 0 Å². The topological polar surface area (TPSA) is 0 Å². The van der Waals surface area contributed by atoms with E-state index in [0.717, 1.165) is 36.0 Å². The summed E-state index contributed by atoms with van der Waals surface area (Å²) in [5.74, 6) is 0.435. The molecule has 0 radical (unpaired) electrons. The highest BCUT2D eigenvalue weighted by molar-refractivity contribution is 5.71. The van der Waals surface area contributed by atoms with Gasteiger partial charge in [0, 0.05) is 5.56 Å². The number of aryl methyl sites for hydroxylation is 1. The molecule has 3 rings (SSSR count). The number of halogens is 1. The van der Waals surface area contributed by atoms with Crippen LogP contribution in [0.1, 0.15) is 50.7 Å². The molecular formula is C25H27F. The number of hydrogen-bond donors (Lipinski definition) is 0. The summed E-state index contributed by atoms with van der Waals surface area (Å²) in [4.78, 5) is 0. The lowest BCUT2D eigenvalue weighted by molar-refractivity contribution is 0.632. The molecule has 0 amide bonds. The molecule has 0 atom stereocenters. The molecule has 0 aromatic heterocycles. The maximum Gasteiger partial charge on any atom is 0.131 e. The molecule has 0 bridgehead atoms. The van der Waals surface area contributed by atoms with Gasteiger partial charge in [-0.05, 0) is 59.1 Å². The molecule has 0 heterocycles. The molecule has 0 saturated carbocycles. The van der Waals surface area contributed by atoms with Gasteiger partial charge in [0.15, 0.2) is 0 Å². The van der Waals surface area contributed by atoms with Crippen LogP contribution in [0.2, 0.25) is 0 Å². The Bertz CT molecular complexity index is 840. The second-order valence-corrected chi connectivity index (χ2v) is 6.88. The Morgan fingerprint density at radius 2 is 1.27 bits per heavy atom. The Morgan fingerprint density at radius 3 is 1.81 bits per heavy atom. The van der Waals surface area contributed by atoms with Crippen LogP contribution in [0.5, 0.6) is 0 Å². The summed E-state index contributed by atoms with van der Waals surface area (Å²) >= 11 is 0. The van der Waals surface area contributed by atoms with Crippen LogP contribution < -0.4 is 0 Å². The summed E-state index contributed by atoms with van der Waals surface area (Å²) in [5, 5.41) is 0. The average molecular weight is 346 g/mol. The quantitative estimate of drug-likeness (QED) is 0.430. The van der Waals surface area contributed by atoms with Crippen LogP contribution in [-0.4, -0.2) is 0 Å². The number of benzene rings is 3. The van der Waals surface area contributed by atoms with Gasteiger partial charge < -0.3 is 0 Å². The average Bonchev–Trinajstić information content (AvgIpc) is 2.69. The van der Waals surface area contributed by atoms with E-state index in [4.69, 9.17) is 0 Å². The first kappa shape index (κ1) is 18.4. The van der Waals surface area contributed by atoms with E-state index in [2.05, 4.69) is 57.2 Å². The van der Waals surface area contributed by atoms with Crippen LogP contribution in [0, 0.1) is 5.82 Å². The van der Waals surface area contributed by atoms with Crippen molar-refractivity contribution in [1.29, 1.82) is 0 Å². The maximum atomic E-state index is 14.7. The second-order valence-electron chi connectivity index (χ2n) is 6.88. The standard InChI is InChI=1S/C25H27F/c1-4-18-7-9-22(10-8-18)24-16-15-23(17-25(24)26)21-13-11-20(12-14-21)19(5-2)6-3/h7-17,19H,4-6H2,1-3H3. The third-order valence-electron chi connectivity index (χ3n) is 5.34. The lowest BCUT2D eigenvalue weighted by atomic mass is 9.92. The van der Waals surface area contributed by atoms with Crippen molar-refractivity contribution in [2.24, 2.45) is 0 Å². The summed E-state index contributed by atoms with van der Waals surface area (Å²) < 4.78 is 14.7. The summed E-state index contributed by atoms with van der Waals surface area (Å²) in [6.45, 7) is 6.57. The Balaban J connectivity index is 1.87. The van der Waals surface area contributed by atoms with Gasteiger partial charge in [0.1, 0.15) is 5.82 Å². The third kappa shape index (κ3) is 3.88. The van der Waals surface area contributed by atoms with Crippen molar-refractivity contribution in [3.8, 4) is 22.3 Å². The monoisotopic (exact) mass is 346 g/mol. The van der Waals surface area contributed by atoms with Crippen molar-refractivity contribution >= 4 is 0 Å². The van der Waals surface area contributed by atoms with Crippen molar-refractivity contribution in [3.63, 3.8) is 0 Å². The highest BCUT2D eigenvalue weighted by Crippen LogP contribution is 2.30. The van der Waals surface area contributed by atoms with Gasteiger partial charge in [0.05, 0.1) is 0 Å². The van der Waals surface area contributed by atoms with Gasteiger partial charge in [-0.2, -0.15) is 0 Å². The predicted octanol–water partition coefficient (Wildman–Crippen LogP) is 7.63. The Kier molecular flexibility index (Phi) is 5.88. The summed E-state index contributed by atoms with van der Waals surface area (Å²) in [6, 6.07) is 22.3. The predicted molar refractivity (Wildman–Crippen MR) is 110 cm³/mol. The third-order valence-corrected chi connectivity index (χ3v) is 5.34. The smallest absolute Gasteiger partial charge is 0.131 e. The van der Waals surface area contributed by atoms with Crippen LogP contribution in [0.25, 0.3) is 22.3 Å². The van der Waals surface area contributed by atoms with Gasteiger partial charge in [-0.1, -0.05) is 81.4 Å². The zero-order chi connectivity index (χ0) is 18.5. The van der Waals surface area contributed by atoms with E-state index < -0.39 is 0 Å². The molecule has 3 aromatic carbocycles. The SMILES string of the molecule is CCc1ccc(-c2ccc(-c3ccc(C(CC)CC)cc3)cc2F)cc1. The van der Waals surface area contributed by atoms with E-state index in [1.54, 1.807) is 6.07 Å². The zero-order valence-corrected chi connectivity index (χ0v) is 15.9. The number of rotatable bonds is 6. The van der Waals surface area contributed by atoms with Crippen molar-refractivity contribution in [1.82, 2.24) is 0 Å². The van der Waals surface area contributed by atoms with Gasteiger partial charge in [-0.15, -0.1) is 0 Å². The molecule has 0 aliphatic rings.